The number of halogens is 2. The van der Waals surface area contributed by atoms with Gasteiger partial charge in [-0.3, -0.25) is 0 Å². The molecule has 0 radical (unpaired) electrons. The summed E-state index contributed by atoms with van der Waals surface area (Å²) >= 11 is 6.38. The van der Waals surface area contributed by atoms with Crippen LogP contribution in [0.5, 0.6) is 0 Å². The molecule has 0 aliphatic heterocycles. The van der Waals surface area contributed by atoms with Gasteiger partial charge in [-0.05, 0) is 48.9 Å². The van der Waals surface area contributed by atoms with Gasteiger partial charge in [-0.25, -0.2) is 4.39 Å². The first-order chi connectivity index (χ1) is 12.0. The highest BCUT2D eigenvalue weighted by Crippen LogP contribution is 2.34. The van der Waals surface area contributed by atoms with E-state index in [1.807, 2.05) is 46.8 Å². The molecule has 0 atom stereocenters. The van der Waals surface area contributed by atoms with Gasteiger partial charge in [0.2, 0.25) is 5.52 Å². The number of nitrogens with zero attached hydrogens (tertiary/aromatic N) is 2. The summed E-state index contributed by atoms with van der Waals surface area (Å²) in [6, 6.07) is 9.19. The summed E-state index contributed by atoms with van der Waals surface area (Å²) in [6.07, 6.45) is 7.00. The standard InChI is InChI=1S/C20H20ClFN3/c1-24-7-2-3-20-19(24)6-8-25(20)12-15-16(21)10-14(11-17(15)22)18(23)9-13-4-5-13/h2-3,6-8,10-11,13,23H,4-5,9,12H2,1H3/q+1. The van der Waals surface area contributed by atoms with E-state index in [-0.39, 0.29) is 5.82 Å². The van der Waals surface area contributed by atoms with E-state index in [0.29, 0.717) is 40.7 Å². The number of pyridine rings is 1. The van der Waals surface area contributed by atoms with E-state index < -0.39 is 0 Å². The molecule has 3 aromatic rings. The van der Waals surface area contributed by atoms with Gasteiger partial charge in [0.15, 0.2) is 6.20 Å². The summed E-state index contributed by atoms with van der Waals surface area (Å²) in [4.78, 5) is 0. The van der Waals surface area contributed by atoms with E-state index in [1.54, 1.807) is 6.07 Å². The van der Waals surface area contributed by atoms with Crippen LogP contribution in [0, 0.1) is 17.1 Å². The fraction of sp³-hybridized carbons (Fsp3) is 0.300. The molecule has 3 nitrogen and oxygen atoms in total. The Hall–Kier alpha value is -2.20. The highest BCUT2D eigenvalue weighted by atomic mass is 35.5. The first kappa shape index (κ1) is 16.3. The van der Waals surface area contributed by atoms with E-state index >= 15 is 0 Å². The van der Waals surface area contributed by atoms with Crippen molar-refractivity contribution in [2.24, 2.45) is 13.0 Å². The van der Waals surface area contributed by atoms with Crippen LogP contribution in [0.15, 0.2) is 42.7 Å². The van der Waals surface area contributed by atoms with Crippen LogP contribution in [0.2, 0.25) is 5.02 Å². The molecular weight excluding hydrogens is 337 g/mol. The van der Waals surface area contributed by atoms with Crippen molar-refractivity contribution in [1.82, 2.24) is 4.57 Å². The molecule has 4 rings (SSSR count). The highest BCUT2D eigenvalue weighted by molar-refractivity contribution is 6.31. The molecule has 2 heterocycles. The molecule has 1 N–H and O–H groups in total. The van der Waals surface area contributed by atoms with Crippen LogP contribution in [-0.4, -0.2) is 10.3 Å². The number of hydrogen-bond donors (Lipinski definition) is 1. The average molecular weight is 357 g/mol. The molecule has 0 amide bonds. The Morgan fingerprint density at radius 2 is 2.16 bits per heavy atom. The molecule has 128 valence electrons. The number of fused-ring (bicyclic) bond motifs is 1. The Balaban J connectivity index is 1.65. The SMILES string of the molecule is C[n+]1cccc2c1ccn2Cc1c(F)cc(C(=N)CC2CC2)cc1Cl. The molecule has 0 unspecified atom stereocenters. The van der Waals surface area contributed by atoms with Crippen LogP contribution in [0.1, 0.15) is 30.4 Å². The molecule has 1 aliphatic rings. The van der Waals surface area contributed by atoms with Gasteiger partial charge in [-0.15, -0.1) is 0 Å². The van der Waals surface area contributed by atoms with Crippen LogP contribution < -0.4 is 4.57 Å². The Morgan fingerprint density at radius 3 is 2.88 bits per heavy atom. The number of aromatic nitrogens is 2. The van der Waals surface area contributed by atoms with Crippen LogP contribution >= 0.6 is 11.6 Å². The van der Waals surface area contributed by atoms with Gasteiger partial charge in [0.25, 0.3) is 0 Å². The molecule has 0 saturated heterocycles. The van der Waals surface area contributed by atoms with E-state index in [1.165, 1.54) is 18.9 Å². The Bertz CT molecular complexity index is 949. The monoisotopic (exact) mass is 356 g/mol. The number of rotatable bonds is 5. The lowest BCUT2D eigenvalue weighted by Gasteiger charge is -2.11. The van der Waals surface area contributed by atoms with Crippen molar-refractivity contribution in [3.63, 3.8) is 0 Å². The fourth-order valence-electron chi connectivity index (χ4n) is 3.26. The molecular formula is C20H20ClFN3+. The molecule has 1 saturated carbocycles. The van der Waals surface area contributed by atoms with E-state index in [4.69, 9.17) is 17.0 Å². The van der Waals surface area contributed by atoms with Crippen molar-refractivity contribution < 1.29 is 8.96 Å². The van der Waals surface area contributed by atoms with Crippen LogP contribution in [0.25, 0.3) is 11.0 Å². The summed E-state index contributed by atoms with van der Waals surface area (Å²) in [5.74, 6) is 0.256. The lowest BCUT2D eigenvalue weighted by Crippen LogP contribution is -2.27. The van der Waals surface area contributed by atoms with Gasteiger partial charge in [0, 0.05) is 34.6 Å². The summed E-state index contributed by atoms with van der Waals surface area (Å²) in [6.45, 7) is 0.369. The second-order valence-corrected chi connectivity index (χ2v) is 7.28. The molecule has 1 aromatic carbocycles. The highest BCUT2D eigenvalue weighted by Gasteiger charge is 2.24. The predicted octanol–water partition coefficient (Wildman–Crippen LogP) is 4.47. The number of aryl methyl sites for hydroxylation is 1. The first-order valence-corrected chi connectivity index (χ1v) is 8.90. The Kier molecular flexibility index (Phi) is 4.08. The maximum atomic E-state index is 14.7. The Labute approximate surface area is 151 Å². The third-order valence-electron chi connectivity index (χ3n) is 4.94. The number of benzene rings is 1. The molecule has 5 heteroatoms. The van der Waals surface area contributed by atoms with Crippen molar-refractivity contribution in [1.29, 1.82) is 5.41 Å². The summed E-state index contributed by atoms with van der Waals surface area (Å²) in [5, 5.41) is 8.55. The zero-order valence-electron chi connectivity index (χ0n) is 14.1. The predicted molar refractivity (Wildman–Crippen MR) is 97.8 cm³/mol. The van der Waals surface area contributed by atoms with Crippen LogP contribution in [-0.2, 0) is 13.6 Å². The molecule has 1 fully saturated rings. The Morgan fingerprint density at radius 1 is 1.36 bits per heavy atom. The second kappa shape index (κ2) is 6.26. The minimum absolute atomic E-state index is 0.342. The average Bonchev–Trinajstić information content (AvgIpc) is 3.29. The minimum Gasteiger partial charge on any atom is -0.338 e. The van der Waals surface area contributed by atoms with Crippen LogP contribution in [0.3, 0.4) is 0 Å². The third-order valence-corrected chi connectivity index (χ3v) is 5.27. The summed E-state index contributed by atoms with van der Waals surface area (Å²) in [7, 11) is 1.99. The normalized spacial score (nSPS) is 14.2. The first-order valence-electron chi connectivity index (χ1n) is 8.52. The topological polar surface area (TPSA) is 32.7 Å². The lowest BCUT2D eigenvalue weighted by molar-refractivity contribution is -0.644. The van der Waals surface area contributed by atoms with Gasteiger partial charge in [-0.2, -0.15) is 4.57 Å². The summed E-state index contributed by atoms with van der Waals surface area (Å²) < 4.78 is 18.7. The molecule has 0 bridgehead atoms. The molecule has 0 spiro atoms. The van der Waals surface area contributed by atoms with E-state index in [0.717, 1.165) is 11.0 Å². The maximum absolute atomic E-state index is 14.7. The van der Waals surface area contributed by atoms with Crippen molar-refractivity contribution in [2.45, 2.75) is 25.8 Å². The molecule has 2 aromatic heterocycles. The van der Waals surface area contributed by atoms with Crippen molar-refractivity contribution >= 4 is 28.3 Å². The molecule has 25 heavy (non-hydrogen) atoms. The van der Waals surface area contributed by atoms with Crippen LogP contribution in [0.4, 0.5) is 4.39 Å². The quantitative estimate of drug-likeness (QED) is 0.516. The van der Waals surface area contributed by atoms with Gasteiger partial charge in [0.05, 0.1) is 6.54 Å². The van der Waals surface area contributed by atoms with Gasteiger partial charge in [0.1, 0.15) is 18.4 Å². The van der Waals surface area contributed by atoms with Crippen molar-refractivity contribution in [2.75, 3.05) is 0 Å². The summed E-state index contributed by atoms with van der Waals surface area (Å²) in [5.41, 5.74) is 3.66. The maximum Gasteiger partial charge on any atom is 0.230 e. The van der Waals surface area contributed by atoms with Crippen molar-refractivity contribution in [3.05, 3.63) is 64.7 Å². The lowest BCUT2D eigenvalue weighted by atomic mass is 10.0. The zero-order chi connectivity index (χ0) is 17.6. The molecule has 1 aliphatic carbocycles. The van der Waals surface area contributed by atoms with Gasteiger partial charge >= 0.3 is 0 Å². The van der Waals surface area contributed by atoms with Gasteiger partial charge < -0.3 is 9.98 Å². The van der Waals surface area contributed by atoms with E-state index in [2.05, 4.69) is 0 Å². The minimum atomic E-state index is -0.342. The number of hydrogen-bond acceptors (Lipinski definition) is 1. The smallest absolute Gasteiger partial charge is 0.230 e. The fourth-order valence-corrected chi connectivity index (χ4v) is 3.53. The van der Waals surface area contributed by atoms with E-state index in [9.17, 15) is 4.39 Å². The largest absolute Gasteiger partial charge is 0.338 e. The second-order valence-electron chi connectivity index (χ2n) is 6.88. The third kappa shape index (κ3) is 3.19. The van der Waals surface area contributed by atoms with Crippen molar-refractivity contribution in [3.8, 4) is 0 Å². The number of nitrogens with one attached hydrogen (secondary N) is 1. The zero-order valence-corrected chi connectivity index (χ0v) is 14.9. The van der Waals surface area contributed by atoms with Gasteiger partial charge in [-0.1, -0.05) is 11.6 Å².